The Morgan fingerprint density at radius 2 is 1.95 bits per heavy atom. The van der Waals surface area contributed by atoms with Crippen molar-refractivity contribution in [1.82, 2.24) is 9.88 Å². The van der Waals surface area contributed by atoms with E-state index in [1.165, 1.54) is 63.2 Å². The minimum absolute atomic E-state index is 0.595. The molecule has 20 heavy (non-hydrogen) atoms. The molecule has 0 unspecified atom stereocenters. The quantitative estimate of drug-likeness (QED) is 0.837. The second-order valence-electron chi connectivity index (χ2n) is 6.69. The van der Waals surface area contributed by atoms with Gasteiger partial charge in [-0.05, 0) is 49.8 Å². The average Bonchev–Trinajstić information content (AvgIpc) is 3.09. The Morgan fingerprint density at radius 1 is 1.15 bits per heavy atom. The van der Waals surface area contributed by atoms with Crippen molar-refractivity contribution in [2.75, 3.05) is 31.1 Å². The van der Waals surface area contributed by atoms with Crippen LogP contribution in [0, 0.1) is 5.92 Å². The Labute approximate surface area is 123 Å². The van der Waals surface area contributed by atoms with Crippen LogP contribution in [0.5, 0.6) is 0 Å². The Balaban J connectivity index is 1.70. The van der Waals surface area contributed by atoms with Crippen LogP contribution >= 0.6 is 0 Å². The lowest BCUT2D eigenvalue weighted by atomic mass is 10.1. The first-order valence-electron chi connectivity index (χ1n) is 8.19. The maximum Gasteiger partial charge on any atom is 0.128 e. The van der Waals surface area contributed by atoms with Crippen molar-refractivity contribution >= 4 is 5.82 Å². The third-order valence-corrected chi connectivity index (χ3v) is 4.55. The smallest absolute Gasteiger partial charge is 0.128 e. The molecule has 1 aromatic rings. The van der Waals surface area contributed by atoms with Crippen LogP contribution in [0.2, 0.25) is 0 Å². The van der Waals surface area contributed by atoms with Gasteiger partial charge in [-0.1, -0.05) is 19.9 Å². The van der Waals surface area contributed by atoms with Gasteiger partial charge in [0.05, 0.1) is 0 Å². The predicted molar refractivity (Wildman–Crippen MR) is 84.1 cm³/mol. The fraction of sp³-hybridized carbons (Fsp3) is 0.706. The van der Waals surface area contributed by atoms with E-state index in [0.29, 0.717) is 6.04 Å². The summed E-state index contributed by atoms with van der Waals surface area (Å²) < 4.78 is 0. The Morgan fingerprint density at radius 3 is 2.60 bits per heavy atom. The Bertz CT molecular complexity index is 420. The number of likely N-dealkylation sites (tertiary alicyclic amines) is 1. The van der Waals surface area contributed by atoms with Gasteiger partial charge >= 0.3 is 0 Å². The number of pyridine rings is 1. The molecule has 0 aliphatic carbocycles. The molecular weight excluding hydrogens is 246 g/mol. The first kappa shape index (κ1) is 13.9. The zero-order chi connectivity index (χ0) is 13.9. The van der Waals surface area contributed by atoms with Crippen LogP contribution < -0.4 is 4.90 Å². The van der Waals surface area contributed by atoms with Crippen LogP contribution in [0.25, 0.3) is 0 Å². The first-order valence-corrected chi connectivity index (χ1v) is 8.19. The molecule has 2 saturated heterocycles. The van der Waals surface area contributed by atoms with Crippen LogP contribution in [0.3, 0.4) is 0 Å². The highest BCUT2D eigenvalue weighted by Gasteiger charge is 2.26. The molecular formula is C17H27N3. The molecule has 3 nitrogen and oxygen atoms in total. The fourth-order valence-electron chi connectivity index (χ4n) is 3.62. The molecule has 0 spiro atoms. The summed E-state index contributed by atoms with van der Waals surface area (Å²) in [5, 5.41) is 0. The SMILES string of the molecule is CC(C)CN1CCC[C@H]1c1ccc(N2CCCC2)nc1. The molecule has 2 fully saturated rings. The molecule has 2 aliphatic heterocycles. The molecule has 0 radical (unpaired) electrons. The molecule has 3 heterocycles. The van der Waals surface area contributed by atoms with Gasteiger partial charge in [0.1, 0.15) is 5.82 Å². The number of nitrogens with zero attached hydrogens (tertiary/aromatic N) is 3. The zero-order valence-corrected chi connectivity index (χ0v) is 12.9. The summed E-state index contributed by atoms with van der Waals surface area (Å²) in [6, 6.07) is 5.13. The monoisotopic (exact) mass is 273 g/mol. The lowest BCUT2D eigenvalue weighted by molar-refractivity contribution is 0.228. The molecule has 0 aromatic carbocycles. The van der Waals surface area contributed by atoms with Gasteiger partial charge in [0.2, 0.25) is 0 Å². The van der Waals surface area contributed by atoms with Crippen molar-refractivity contribution in [3.8, 4) is 0 Å². The number of hydrogen-bond acceptors (Lipinski definition) is 3. The second-order valence-corrected chi connectivity index (χ2v) is 6.69. The third-order valence-electron chi connectivity index (χ3n) is 4.55. The van der Waals surface area contributed by atoms with Gasteiger partial charge in [-0.15, -0.1) is 0 Å². The van der Waals surface area contributed by atoms with E-state index in [-0.39, 0.29) is 0 Å². The number of hydrogen-bond donors (Lipinski definition) is 0. The number of rotatable bonds is 4. The van der Waals surface area contributed by atoms with Crippen molar-refractivity contribution in [2.45, 2.75) is 45.6 Å². The maximum absolute atomic E-state index is 4.72. The summed E-state index contributed by atoms with van der Waals surface area (Å²) in [6.45, 7) is 9.42. The fourth-order valence-corrected chi connectivity index (χ4v) is 3.62. The zero-order valence-electron chi connectivity index (χ0n) is 12.9. The molecule has 1 aromatic heterocycles. The van der Waals surface area contributed by atoms with Crippen LogP contribution in [0.15, 0.2) is 18.3 Å². The second kappa shape index (κ2) is 6.13. The molecule has 0 bridgehead atoms. The van der Waals surface area contributed by atoms with E-state index in [0.717, 1.165) is 5.92 Å². The van der Waals surface area contributed by atoms with Crippen LogP contribution in [-0.2, 0) is 0 Å². The van der Waals surface area contributed by atoms with Crippen molar-refractivity contribution in [3.63, 3.8) is 0 Å². The van der Waals surface area contributed by atoms with Gasteiger partial charge in [0.25, 0.3) is 0 Å². The van der Waals surface area contributed by atoms with E-state index in [4.69, 9.17) is 4.98 Å². The molecule has 0 N–H and O–H groups in total. The van der Waals surface area contributed by atoms with E-state index in [1.54, 1.807) is 0 Å². The molecule has 3 heteroatoms. The van der Waals surface area contributed by atoms with E-state index in [1.807, 2.05) is 0 Å². The number of anilines is 1. The van der Waals surface area contributed by atoms with Gasteiger partial charge in [0.15, 0.2) is 0 Å². The average molecular weight is 273 g/mol. The van der Waals surface area contributed by atoms with Gasteiger partial charge in [-0.25, -0.2) is 4.98 Å². The first-order chi connectivity index (χ1) is 9.74. The molecule has 0 saturated carbocycles. The van der Waals surface area contributed by atoms with E-state index >= 15 is 0 Å². The van der Waals surface area contributed by atoms with Crippen molar-refractivity contribution in [3.05, 3.63) is 23.9 Å². The van der Waals surface area contributed by atoms with E-state index < -0.39 is 0 Å². The highest BCUT2D eigenvalue weighted by molar-refractivity contribution is 5.40. The van der Waals surface area contributed by atoms with Gasteiger partial charge in [-0.3, -0.25) is 4.90 Å². The summed E-state index contributed by atoms with van der Waals surface area (Å²) in [5.41, 5.74) is 1.41. The highest BCUT2D eigenvalue weighted by Crippen LogP contribution is 2.32. The van der Waals surface area contributed by atoms with Crippen molar-refractivity contribution < 1.29 is 0 Å². The third kappa shape index (κ3) is 2.98. The summed E-state index contributed by atoms with van der Waals surface area (Å²) in [6.07, 6.45) is 7.36. The Hall–Kier alpha value is -1.09. The lowest BCUT2D eigenvalue weighted by Crippen LogP contribution is -2.27. The number of aromatic nitrogens is 1. The molecule has 3 rings (SSSR count). The summed E-state index contributed by atoms with van der Waals surface area (Å²) in [5.74, 6) is 1.91. The predicted octanol–water partition coefficient (Wildman–Crippen LogP) is 3.47. The Kier molecular flexibility index (Phi) is 4.25. The molecule has 110 valence electrons. The summed E-state index contributed by atoms with van der Waals surface area (Å²) in [4.78, 5) is 9.76. The van der Waals surface area contributed by atoms with Crippen LogP contribution in [0.4, 0.5) is 5.82 Å². The molecule has 2 aliphatic rings. The summed E-state index contributed by atoms with van der Waals surface area (Å²) >= 11 is 0. The normalized spacial score (nSPS) is 23.9. The van der Waals surface area contributed by atoms with Crippen molar-refractivity contribution in [1.29, 1.82) is 0 Å². The molecule has 1 atom stereocenters. The minimum Gasteiger partial charge on any atom is -0.357 e. The largest absolute Gasteiger partial charge is 0.357 e. The summed E-state index contributed by atoms with van der Waals surface area (Å²) in [7, 11) is 0. The van der Waals surface area contributed by atoms with Gasteiger partial charge in [0, 0.05) is 31.9 Å². The van der Waals surface area contributed by atoms with E-state index in [2.05, 4.69) is 42.0 Å². The maximum atomic E-state index is 4.72. The van der Waals surface area contributed by atoms with Crippen LogP contribution in [-0.4, -0.2) is 36.1 Å². The molecule has 0 amide bonds. The van der Waals surface area contributed by atoms with E-state index in [9.17, 15) is 0 Å². The highest BCUT2D eigenvalue weighted by atomic mass is 15.2. The van der Waals surface area contributed by atoms with Gasteiger partial charge < -0.3 is 4.90 Å². The van der Waals surface area contributed by atoms with Crippen LogP contribution in [0.1, 0.15) is 51.1 Å². The van der Waals surface area contributed by atoms with Crippen molar-refractivity contribution in [2.24, 2.45) is 5.92 Å². The lowest BCUT2D eigenvalue weighted by Gasteiger charge is -2.26. The van der Waals surface area contributed by atoms with Gasteiger partial charge in [-0.2, -0.15) is 0 Å². The topological polar surface area (TPSA) is 19.4 Å². The standard InChI is InChI=1S/C17H27N3/c1-14(2)13-20-11-5-6-16(20)15-7-8-17(18-12-15)19-9-3-4-10-19/h7-8,12,14,16H,3-6,9-11,13H2,1-2H3/t16-/m0/s1. The minimum atomic E-state index is 0.595.